The van der Waals surface area contributed by atoms with Gasteiger partial charge in [-0.25, -0.2) is 8.78 Å². The largest absolute Gasteiger partial charge is 0.338 e. The molecule has 1 aromatic rings. The van der Waals surface area contributed by atoms with Crippen LogP contribution in [-0.4, -0.2) is 30.4 Å². The number of carbonyl (C=O) groups is 1. The summed E-state index contributed by atoms with van der Waals surface area (Å²) in [6.07, 6.45) is 0. The zero-order chi connectivity index (χ0) is 14.7. The molecule has 3 nitrogen and oxygen atoms in total. The highest BCUT2D eigenvalue weighted by Crippen LogP contribution is 2.20. The number of nitrogens with zero attached hydrogens (tertiary/aromatic N) is 1. The monoisotopic (exact) mass is 282 g/mol. The Morgan fingerprint density at radius 3 is 2.65 bits per heavy atom. The number of benzene rings is 1. The van der Waals surface area contributed by atoms with E-state index in [9.17, 15) is 13.6 Å². The molecule has 0 spiro atoms. The quantitative estimate of drug-likeness (QED) is 0.918. The SMILES string of the molecule is CCN(Cc1ccc(F)c(F)c1)C(=O)[C@@H]1CNC[C@H]1C. The van der Waals surface area contributed by atoms with Crippen LogP contribution in [0.1, 0.15) is 19.4 Å². The van der Waals surface area contributed by atoms with Crippen molar-refractivity contribution < 1.29 is 13.6 Å². The van der Waals surface area contributed by atoms with Crippen molar-refractivity contribution in [3.8, 4) is 0 Å². The average molecular weight is 282 g/mol. The maximum atomic E-state index is 13.2. The number of amides is 1. The van der Waals surface area contributed by atoms with Gasteiger partial charge in [0.15, 0.2) is 11.6 Å². The van der Waals surface area contributed by atoms with Gasteiger partial charge >= 0.3 is 0 Å². The molecule has 5 heteroatoms. The molecule has 2 atom stereocenters. The number of hydrogen-bond acceptors (Lipinski definition) is 2. The van der Waals surface area contributed by atoms with Crippen molar-refractivity contribution in [2.75, 3.05) is 19.6 Å². The minimum absolute atomic E-state index is 0.0276. The molecule has 1 heterocycles. The minimum Gasteiger partial charge on any atom is -0.338 e. The molecule has 0 bridgehead atoms. The van der Waals surface area contributed by atoms with Crippen LogP contribution >= 0.6 is 0 Å². The van der Waals surface area contributed by atoms with Gasteiger partial charge in [0, 0.05) is 19.6 Å². The molecule has 110 valence electrons. The predicted molar refractivity (Wildman–Crippen MR) is 73.0 cm³/mol. The lowest BCUT2D eigenvalue weighted by Gasteiger charge is -2.26. The lowest BCUT2D eigenvalue weighted by Crippen LogP contribution is -2.38. The molecule has 1 amide bonds. The van der Waals surface area contributed by atoms with Crippen LogP contribution in [0, 0.1) is 23.5 Å². The Bertz CT molecular complexity index is 493. The standard InChI is InChI=1S/C15H20F2N2O/c1-3-19(15(20)12-8-18-7-10(12)2)9-11-4-5-13(16)14(17)6-11/h4-6,10,12,18H,3,7-9H2,1-2H3/t10-,12-/m1/s1. The summed E-state index contributed by atoms with van der Waals surface area (Å²) in [5, 5.41) is 3.21. The van der Waals surface area contributed by atoms with Crippen LogP contribution in [0.15, 0.2) is 18.2 Å². The molecule has 1 aliphatic rings. The molecular formula is C15H20F2N2O. The lowest BCUT2D eigenvalue weighted by atomic mass is 9.96. The molecule has 2 rings (SSSR count). The average Bonchev–Trinajstić information content (AvgIpc) is 2.85. The first kappa shape index (κ1) is 14.9. The van der Waals surface area contributed by atoms with Crippen molar-refractivity contribution in [1.82, 2.24) is 10.2 Å². The van der Waals surface area contributed by atoms with Gasteiger partial charge < -0.3 is 10.2 Å². The number of rotatable bonds is 4. The third-order valence-corrected chi connectivity index (χ3v) is 3.89. The highest BCUT2D eigenvalue weighted by Gasteiger charge is 2.32. The van der Waals surface area contributed by atoms with E-state index in [1.54, 1.807) is 4.90 Å². The Hall–Kier alpha value is -1.49. The fourth-order valence-electron chi connectivity index (χ4n) is 2.58. The van der Waals surface area contributed by atoms with Gasteiger partial charge in [0.05, 0.1) is 5.92 Å². The van der Waals surface area contributed by atoms with Gasteiger partial charge in [-0.2, -0.15) is 0 Å². The van der Waals surface area contributed by atoms with Crippen LogP contribution < -0.4 is 5.32 Å². The van der Waals surface area contributed by atoms with E-state index in [0.29, 0.717) is 31.1 Å². The summed E-state index contributed by atoms with van der Waals surface area (Å²) in [4.78, 5) is 14.2. The Balaban J connectivity index is 2.08. The van der Waals surface area contributed by atoms with Gasteiger partial charge in [-0.15, -0.1) is 0 Å². The third kappa shape index (κ3) is 3.15. The smallest absolute Gasteiger partial charge is 0.227 e. The molecule has 1 N–H and O–H groups in total. The molecule has 20 heavy (non-hydrogen) atoms. The second-order valence-electron chi connectivity index (χ2n) is 5.34. The summed E-state index contributed by atoms with van der Waals surface area (Å²) in [5.74, 6) is -1.38. The second-order valence-corrected chi connectivity index (χ2v) is 5.34. The minimum atomic E-state index is -0.873. The maximum absolute atomic E-state index is 13.2. The zero-order valence-corrected chi connectivity index (χ0v) is 11.8. The van der Waals surface area contributed by atoms with Crippen molar-refractivity contribution in [3.63, 3.8) is 0 Å². The van der Waals surface area contributed by atoms with E-state index >= 15 is 0 Å². The van der Waals surface area contributed by atoms with Crippen molar-refractivity contribution in [3.05, 3.63) is 35.4 Å². The van der Waals surface area contributed by atoms with E-state index in [1.165, 1.54) is 6.07 Å². The summed E-state index contributed by atoms with van der Waals surface area (Å²) in [6, 6.07) is 3.77. The fraction of sp³-hybridized carbons (Fsp3) is 0.533. The van der Waals surface area contributed by atoms with Crippen LogP contribution in [0.4, 0.5) is 8.78 Å². The van der Waals surface area contributed by atoms with Gasteiger partial charge in [0.1, 0.15) is 0 Å². The first-order valence-corrected chi connectivity index (χ1v) is 6.96. The Kier molecular flexibility index (Phi) is 4.70. The molecule has 1 fully saturated rings. The Labute approximate surface area is 118 Å². The van der Waals surface area contributed by atoms with Crippen LogP contribution in [0.25, 0.3) is 0 Å². The highest BCUT2D eigenvalue weighted by atomic mass is 19.2. The van der Waals surface area contributed by atoms with Crippen LogP contribution in [0.2, 0.25) is 0 Å². The summed E-state index contributed by atoms with van der Waals surface area (Å²) in [6.45, 7) is 6.35. The van der Waals surface area contributed by atoms with E-state index < -0.39 is 11.6 Å². The highest BCUT2D eigenvalue weighted by molar-refractivity contribution is 5.79. The van der Waals surface area contributed by atoms with Crippen molar-refractivity contribution in [2.24, 2.45) is 11.8 Å². The van der Waals surface area contributed by atoms with E-state index in [2.05, 4.69) is 5.32 Å². The first-order chi connectivity index (χ1) is 9.52. The molecule has 0 aromatic heterocycles. The summed E-state index contributed by atoms with van der Waals surface area (Å²) in [5.41, 5.74) is 0.609. The van der Waals surface area contributed by atoms with E-state index in [-0.39, 0.29) is 11.8 Å². The van der Waals surface area contributed by atoms with Gasteiger partial charge in [-0.05, 0) is 37.1 Å². The molecule has 1 aromatic carbocycles. The van der Waals surface area contributed by atoms with Crippen LogP contribution in [0.5, 0.6) is 0 Å². The summed E-state index contributed by atoms with van der Waals surface area (Å²) in [7, 11) is 0. The molecule has 1 saturated heterocycles. The molecular weight excluding hydrogens is 262 g/mol. The molecule has 0 aliphatic carbocycles. The Morgan fingerprint density at radius 2 is 2.10 bits per heavy atom. The van der Waals surface area contributed by atoms with Gasteiger partial charge in [0.2, 0.25) is 5.91 Å². The van der Waals surface area contributed by atoms with E-state index in [1.807, 2.05) is 13.8 Å². The van der Waals surface area contributed by atoms with Crippen molar-refractivity contribution in [1.29, 1.82) is 0 Å². The van der Waals surface area contributed by atoms with Crippen molar-refractivity contribution >= 4 is 5.91 Å². The normalized spacial score (nSPS) is 22.0. The third-order valence-electron chi connectivity index (χ3n) is 3.89. The predicted octanol–water partition coefficient (Wildman–Crippen LogP) is 2.17. The first-order valence-electron chi connectivity index (χ1n) is 6.96. The maximum Gasteiger partial charge on any atom is 0.227 e. The fourth-order valence-corrected chi connectivity index (χ4v) is 2.58. The molecule has 0 radical (unpaired) electrons. The molecule has 0 unspecified atom stereocenters. The van der Waals surface area contributed by atoms with E-state index in [0.717, 1.165) is 18.7 Å². The summed E-state index contributed by atoms with van der Waals surface area (Å²) >= 11 is 0. The number of nitrogens with one attached hydrogen (secondary N) is 1. The number of hydrogen-bond donors (Lipinski definition) is 1. The van der Waals surface area contributed by atoms with Gasteiger partial charge in [-0.1, -0.05) is 13.0 Å². The van der Waals surface area contributed by atoms with Gasteiger partial charge in [0.25, 0.3) is 0 Å². The van der Waals surface area contributed by atoms with Crippen LogP contribution in [0.3, 0.4) is 0 Å². The number of halogens is 2. The van der Waals surface area contributed by atoms with Crippen LogP contribution in [-0.2, 0) is 11.3 Å². The summed E-state index contributed by atoms with van der Waals surface area (Å²) < 4.78 is 26.1. The van der Waals surface area contributed by atoms with Gasteiger partial charge in [-0.3, -0.25) is 4.79 Å². The lowest BCUT2D eigenvalue weighted by molar-refractivity contribution is -0.136. The van der Waals surface area contributed by atoms with E-state index in [4.69, 9.17) is 0 Å². The Morgan fingerprint density at radius 1 is 1.35 bits per heavy atom. The van der Waals surface area contributed by atoms with Crippen molar-refractivity contribution in [2.45, 2.75) is 20.4 Å². The second kappa shape index (κ2) is 6.31. The topological polar surface area (TPSA) is 32.3 Å². The zero-order valence-electron chi connectivity index (χ0n) is 11.8. The molecule has 1 aliphatic heterocycles. The number of carbonyl (C=O) groups excluding carboxylic acids is 1. The molecule has 0 saturated carbocycles.